The number of halogens is 1. The van der Waals surface area contributed by atoms with Crippen molar-refractivity contribution in [2.45, 2.75) is 71.2 Å². The predicted molar refractivity (Wildman–Crippen MR) is 140 cm³/mol. The highest BCUT2D eigenvalue weighted by atomic mass is 19.1. The molecule has 0 aromatic heterocycles. The quantitative estimate of drug-likeness (QED) is 0.154. The van der Waals surface area contributed by atoms with Gasteiger partial charge in [-0.3, -0.25) is 19.8 Å². The molecule has 38 heavy (non-hydrogen) atoms. The molecule has 0 spiro atoms. The number of carbonyl (C=O) groups excluding carboxylic acids is 4. The van der Waals surface area contributed by atoms with Gasteiger partial charge in [-0.05, 0) is 36.7 Å². The molecular weight excluding hydrogens is 495 g/mol. The number of alkyl halides is 1. The van der Waals surface area contributed by atoms with Crippen LogP contribution >= 0.6 is 0 Å². The fraction of sp³-hybridized carbons (Fsp3) is 0.577. The Kier molecular flexibility index (Phi) is 11.5. The Balaban J connectivity index is 2.06. The molecule has 1 aliphatic heterocycles. The zero-order chi connectivity index (χ0) is 28.3. The average Bonchev–Trinajstić information content (AvgIpc) is 3.37. The van der Waals surface area contributed by atoms with Gasteiger partial charge in [0.25, 0.3) is 0 Å². The molecule has 1 aromatic carbocycles. The summed E-state index contributed by atoms with van der Waals surface area (Å²) in [5.41, 5.74) is 5.34. The minimum absolute atomic E-state index is 0.0401. The van der Waals surface area contributed by atoms with Crippen molar-refractivity contribution in [3.63, 3.8) is 0 Å². The number of hydrogen-bond acceptors (Lipinski definition) is 6. The molecule has 2 rings (SSSR count). The Morgan fingerprint density at radius 1 is 1.18 bits per heavy atom. The number of likely N-dealkylation sites (tertiary alicyclic amines) is 1. The van der Waals surface area contributed by atoms with E-state index >= 15 is 0 Å². The molecule has 210 valence electrons. The van der Waals surface area contributed by atoms with E-state index in [0.717, 1.165) is 5.56 Å². The Bertz CT molecular complexity index is 984. The number of amides is 3. The van der Waals surface area contributed by atoms with Gasteiger partial charge in [-0.2, -0.15) is 0 Å². The number of hydrogen-bond donors (Lipinski definition) is 5. The molecule has 11 nitrogen and oxygen atoms in total. The summed E-state index contributed by atoms with van der Waals surface area (Å²) in [6.45, 7) is 4.77. The van der Waals surface area contributed by atoms with Crippen molar-refractivity contribution in [3.05, 3.63) is 35.9 Å². The molecule has 1 aliphatic rings. The number of Topliss-reactive ketones (excluding diaryl/α,β-unsaturated/α-hetero) is 1. The van der Waals surface area contributed by atoms with E-state index in [0.29, 0.717) is 25.8 Å². The number of carbonyl (C=O) groups is 4. The molecule has 0 radical (unpaired) electrons. The summed E-state index contributed by atoms with van der Waals surface area (Å²) in [6.07, 6.45) is 0.688. The first kappa shape index (κ1) is 30.5. The highest BCUT2D eigenvalue weighted by molar-refractivity contribution is 5.95. The molecule has 1 saturated heterocycles. The molecule has 12 heteroatoms. The van der Waals surface area contributed by atoms with Crippen LogP contribution in [0.3, 0.4) is 0 Å². The summed E-state index contributed by atoms with van der Waals surface area (Å²) < 4.78 is 18.4. The van der Waals surface area contributed by atoms with Crippen LogP contribution in [-0.2, 0) is 25.7 Å². The Morgan fingerprint density at radius 2 is 1.87 bits per heavy atom. The van der Waals surface area contributed by atoms with Gasteiger partial charge in [0.15, 0.2) is 11.7 Å². The molecule has 3 atom stereocenters. The Labute approximate surface area is 222 Å². The monoisotopic (exact) mass is 534 g/mol. The fourth-order valence-electron chi connectivity index (χ4n) is 4.20. The molecule has 0 aliphatic carbocycles. The average molecular weight is 535 g/mol. The van der Waals surface area contributed by atoms with E-state index in [4.69, 9.17) is 15.9 Å². The van der Waals surface area contributed by atoms with Crippen LogP contribution in [0.1, 0.15) is 52.0 Å². The van der Waals surface area contributed by atoms with Crippen LogP contribution in [0.25, 0.3) is 0 Å². The van der Waals surface area contributed by atoms with Crippen molar-refractivity contribution in [1.82, 2.24) is 20.9 Å². The second-order valence-corrected chi connectivity index (χ2v) is 10.3. The van der Waals surface area contributed by atoms with Gasteiger partial charge in [0, 0.05) is 13.1 Å². The fourth-order valence-corrected chi connectivity index (χ4v) is 4.20. The van der Waals surface area contributed by atoms with Gasteiger partial charge in [0.2, 0.25) is 11.8 Å². The van der Waals surface area contributed by atoms with Crippen molar-refractivity contribution >= 4 is 29.7 Å². The molecule has 0 saturated carbocycles. The number of nitrogens with zero attached hydrogens (tertiary/aromatic N) is 1. The van der Waals surface area contributed by atoms with Crippen LogP contribution in [-0.4, -0.2) is 72.4 Å². The van der Waals surface area contributed by atoms with Gasteiger partial charge < -0.3 is 31.3 Å². The summed E-state index contributed by atoms with van der Waals surface area (Å²) in [5.74, 6) is -1.99. The summed E-state index contributed by atoms with van der Waals surface area (Å²) >= 11 is 0. The van der Waals surface area contributed by atoms with E-state index < -0.39 is 53.9 Å². The van der Waals surface area contributed by atoms with E-state index in [2.05, 4.69) is 16.0 Å². The van der Waals surface area contributed by atoms with Crippen LogP contribution < -0.4 is 21.7 Å². The third-order valence-corrected chi connectivity index (χ3v) is 6.25. The predicted octanol–water partition coefficient (Wildman–Crippen LogP) is 1.61. The number of nitrogens with one attached hydrogen (secondary N) is 4. The van der Waals surface area contributed by atoms with E-state index in [1.807, 2.05) is 30.3 Å². The maximum atomic E-state index is 13.6. The lowest BCUT2D eigenvalue weighted by Crippen LogP contribution is -2.58. The Hall–Kier alpha value is -3.70. The van der Waals surface area contributed by atoms with Crippen molar-refractivity contribution in [2.75, 3.05) is 19.8 Å². The van der Waals surface area contributed by atoms with Gasteiger partial charge in [0.1, 0.15) is 25.4 Å². The van der Waals surface area contributed by atoms with Gasteiger partial charge in [-0.15, -0.1) is 0 Å². The molecule has 1 heterocycles. The summed E-state index contributed by atoms with van der Waals surface area (Å²) in [6, 6.07) is 6.23. The highest BCUT2D eigenvalue weighted by Gasteiger charge is 2.42. The van der Waals surface area contributed by atoms with E-state index in [1.165, 1.54) is 4.90 Å². The standard InChI is InChI=1S/C26H39FN6O5/c1-26(2,3)21(32-25(37)38-16-17-9-5-4-6-10-17)23(36)33-14-8-12-19(33)22(35)31-18(20(34)15-27)11-7-13-30-24(28)29/h4-6,9-10,18-19,21H,7-8,11-16H2,1-3H3,(H,31,35)(H,32,37)(H4,28,29,30)/t18-,19-,21+/m0/s1. The SMILES string of the molecule is CC(C)(C)[C@H](NC(=O)OCc1ccccc1)C(=O)N1CCC[C@H]1C(=O)N[C@@H](CCCNC(=N)N)C(=O)CF. The Morgan fingerprint density at radius 3 is 2.47 bits per heavy atom. The number of rotatable bonds is 12. The van der Waals surface area contributed by atoms with Crippen LogP contribution in [0.2, 0.25) is 0 Å². The third-order valence-electron chi connectivity index (χ3n) is 6.25. The summed E-state index contributed by atoms with van der Waals surface area (Å²) in [4.78, 5) is 52.8. The minimum atomic E-state index is -1.24. The molecule has 1 fully saturated rings. The van der Waals surface area contributed by atoms with E-state index in [9.17, 15) is 23.6 Å². The first-order valence-electron chi connectivity index (χ1n) is 12.7. The number of benzene rings is 1. The molecule has 1 aromatic rings. The van der Waals surface area contributed by atoms with Gasteiger partial charge in [-0.25, -0.2) is 9.18 Å². The topological polar surface area (TPSA) is 167 Å². The first-order chi connectivity index (χ1) is 17.9. The largest absolute Gasteiger partial charge is 0.445 e. The zero-order valence-corrected chi connectivity index (χ0v) is 22.2. The van der Waals surface area contributed by atoms with Crippen molar-refractivity contribution in [2.24, 2.45) is 11.1 Å². The number of alkyl carbamates (subject to hydrolysis) is 1. The third kappa shape index (κ3) is 9.31. The zero-order valence-electron chi connectivity index (χ0n) is 22.2. The van der Waals surface area contributed by atoms with Crippen LogP contribution in [0, 0.1) is 10.8 Å². The molecular formula is C26H39FN6O5. The van der Waals surface area contributed by atoms with Crippen molar-refractivity contribution < 1.29 is 28.3 Å². The molecule has 6 N–H and O–H groups in total. The van der Waals surface area contributed by atoms with E-state index in [1.54, 1.807) is 20.8 Å². The minimum Gasteiger partial charge on any atom is -0.445 e. The van der Waals surface area contributed by atoms with Gasteiger partial charge >= 0.3 is 6.09 Å². The number of ether oxygens (including phenoxy) is 1. The summed E-state index contributed by atoms with van der Waals surface area (Å²) in [5, 5.41) is 15.0. The van der Waals surface area contributed by atoms with Crippen LogP contribution in [0.4, 0.5) is 9.18 Å². The lowest BCUT2D eigenvalue weighted by Gasteiger charge is -2.35. The van der Waals surface area contributed by atoms with Crippen LogP contribution in [0.15, 0.2) is 30.3 Å². The van der Waals surface area contributed by atoms with Crippen LogP contribution in [0.5, 0.6) is 0 Å². The highest BCUT2D eigenvalue weighted by Crippen LogP contribution is 2.26. The number of ketones is 1. The number of guanidine groups is 1. The normalized spacial score (nSPS) is 16.7. The molecule has 0 bridgehead atoms. The lowest BCUT2D eigenvalue weighted by atomic mass is 9.85. The first-order valence-corrected chi connectivity index (χ1v) is 12.7. The summed E-state index contributed by atoms with van der Waals surface area (Å²) in [7, 11) is 0. The van der Waals surface area contributed by atoms with E-state index in [-0.39, 0.29) is 25.5 Å². The van der Waals surface area contributed by atoms with Crippen molar-refractivity contribution in [3.8, 4) is 0 Å². The van der Waals surface area contributed by atoms with Gasteiger partial charge in [0.05, 0.1) is 6.04 Å². The second-order valence-electron chi connectivity index (χ2n) is 10.3. The smallest absolute Gasteiger partial charge is 0.408 e. The van der Waals surface area contributed by atoms with Gasteiger partial charge in [-0.1, -0.05) is 51.1 Å². The van der Waals surface area contributed by atoms with Crippen molar-refractivity contribution in [1.29, 1.82) is 5.41 Å². The molecule has 0 unspecified atom stereocenters. The maximum absolute atomic E-state index is 13.6. The lowest BCUT2D eigenvalue weighted by molar-refractivity contribution is -0.142. The molecule has 3 amide bonds. The maximum Gasteiger partial charge on any atom is 0.408 e. The second kappa shape index (κ2) is 14.3. The number of nitrogens with two attached hydrogens (primary N) is 1.